The summed E-state index contributed by atoms with van der Waals surface area (Å²) in [6.07, 6.45) is 6.56. The molecule has 124 valence electrons. The Morgan fingerprint density at radius 1 is 1.52 bits per heavy atom. The van der Waals surface area contributed by atoms with E-state index in [-0.39, 0.29) is 5.91 Å². The number of piperidine rings is 1. The second kappa shape index (κ2) is 6.74. The van der Waals surface area contributed by atoms with Gasteiger partial charge in [0.1, 0.15) is 0 Å². The Labute approximate surface area is 140 Å². The lowest BCUT2D eigenvalue weighted by molar-refractivity contribution is 0.0699. The first-order valence-electron chi connectivity index (χ1n) is 8.12. The minimum atomic E-state index is -0.0771. The molecule has 0 radical (unpaired) electrons. The summed E-state index contributed by atoms with van der Waals surface area (Å²) in [4.78, 5) is 14.6. The number of likely N-dealkylation sites (tertiary alicyclic amines) is 1. The van der Waals surface area contributed by atoms with E-state index in [1.54, 1.807) is 10.9 Å². The molecule has 1 aliphatic heterocycles. The zero-order chi connectivity index (χ0) is 16.4. The lowest BCUT2D eigenvalue weighted by atomic mass is 9.93. The third-order valence-electron chi connectivity index (χ3n) is 4.36. The van der Waals surface area contributed by atoms with Crippen molar-refractivity contribution in [1.29, 1.82) is 0 Å². The van der Waals surface area contributed by atoms with Crippen molar-refractivity contribution in [2.75, 3.05) is 13.1 Å². The fourth-order valence-electron chi connectivity index (χ4n) is 3.20. The highest BCUT2D eigenvalue weighted by molar-refractivity contribution is 6.33. The second-order valence-electron chi connectivity index (χ2n) is 6.15. The van der Waals surface area contributed by atoms with E-state index in [0.717, 1.165) is 43.6 Å². The fourth-order valence-corrected chi connectivity index (χ4v) is 3.43. The molecule has 1 fully saturated rings. The number of hydrogen-bond acceptors (Lipinski definition) is 3. The molecule has 0 saturated carbocycles. The third-order valence-corrected chi connectivity index (χ3v) is 4.63. The van der Waals surface area contributed by atoms with Crippen LogP contribution >= 0.6 is 11.6 Å². The number of halogens is 1. The molecule has 0 aliphatic carbocycles. The lowest BCUT2D eigenvalue weighted by Crippen LogP contribution is -2.39. The van der Waals surface area contributed by atoms with Crippen molar-refractivity contribution in [3.05, 3.63) is 34.4 Å². The highest BCUT2D eigenvalue weighted by Crippen LogP contribution is 2.29. The average Bonchev–Trinajstić information content (AvgIpc) is 3.13. The molecular formula is C16H22ClN5O. The van der Waals surface area contributed by atoms with Crippen molar-refractivity contribution in [2.45, 2.75) is 45.6 Å². The van der Waals surface area contributed by atoms with Crippen LogP contribution in [0.15, 0.2) is 12.4 Å². The molecule has 6 nitrogen and oxygen atoms in total. The molecule has 0 aromatic carbocycles. The average molecular weight is 336 g/mol. The van der Waals surface area contributed by atoms with E-state index in [2.05, 4.69) is 22.2 Å². The predicted octanol–water partition coefficient (Wildman–Crippen LogP) is 3.00. The van der Waals surface area contributed by atoms with Crippen LogP contribution in [0.5, 0.6) is 0 Å². The van der Waals surface area contributed by atoms with E-state index in [4.69, 9.17) is 11.6 Å². The first-order chi connectivity index (χ1) is 11.1. The first-order valence-corrected chi connectivity index (χ1v) is 8.50. The van der Waals surface area contributed by atoms with Gasteiger partial charge in [-0.25, -0.2) is 0 Å². The minimum absolute atomic E-state index is 0.0771. The van der Waals surface area contributed by atoms with Crippen LogP contribution < -0.4 is 0 Å². The number of aromatic nitrogens is 4. The van der Waals surface area contributed by atoms with Crippen molar-refractivity contribution in [3.63, 3.8) is 0 Å². The fraction of sp³-hybridized carbons (Fsp3) is 0.562. The van der Waals surface area contributed by atoms with Gasteiger partial charge in [-0.1, -0.05) is 18.5 Å². The van der Waals surface area contributed by atoms with Gasteiger partial charge in [0.2, 0.25) is 0 Å². The summed E-state index contributed by atoms with van der Waals surface area (Å²) in [6, 6.07) is 0. The molecule has 1 atom stereocenters. The van der Waals surface area contributed by atoms with Crippen molar-refractivity contribution in [1.82, 2.24) is 24.9 Å². The van der Waals surface area contributed by atoms with Crippen molar-refractivity contribution >= 4 is 17.5 Å². The zero-order valence-electron chi connectivity index (χ0n) is 13.5. The van der Waals surface area contributed by atoms with E-state index < -0.39 is 0 Å². The standard InChI is InChI=1S/C16H22ClN5O/c1-3-6-22-10-13(17)15(20-22)16(23)21-7-4-5-12(9-21)14-11(2)8-18-19-14/h8,10,12H,3-7,9H2,1-2H3,(H,18,19)/t12-/m1/s1. The summed E-state index contributed by atoms with van der Waals surface area (Å²) in [6.45, 7) is 6.31. The second-order valence-corrected chi connectivity index (χ2v) is 6.55. The number of carbonyl (C=O) groups excluding carboxylic acids is 1. The van der Waals surface area contributed by atoms with Gasteiger partial charge in [-0.2, -0.15) is 10.2 Å². The van der Waals surface area contributed by atoms with Gasteiger partial charge >= 0.3 is 0 Å². The monoisotopic (exact) mass is 335 g/mol. The molecule has 2 aromatic heterocycles. The molecule has 23 heavy (non-hydrogen) atoms. The summed E-state index contributed by atoms with van der Waals surface area (Å²) in [7, 11) is 0. The number of nitrogens with one attached hydrogen (secondary N) is 1. The number of H-pyrrole nitrogens is 1. The quantitative estimate of drug-likeness (QED) is 0.934. The number of rotatable bonds is 4. The van der Waals surface area contributed by atoms with Gasteiger partial charge in [-0.3, -0.25) is 14.6 Å². The number of aryl methyl sites for hydroxylation is 2. The van der Waals surface area contributed by atoms with Crippen LogP contribution in [0.25, 0.3) is 0 Å². The molecule has 7 heteroatoms. The molecule has 0 bridgehead atoms. The molecule has 1 aliphatic rings. The van der Waals surface area contributed by atoms with Crippen LogP contribution in [-0.2, 0) is 6.54 Å². The van der Waals surface area contributed by atoms with Crippen LogP contribution in [0.1, 0.15) is 53.8 Å². The van der Waals surface area contributed by atoms with E-state index in [1.165, 1.54) is 0 Å². The smallest absolute Gasteiger partial charge is 0.275 e. The van der Waals surface area contributed by atoms with E-state index in [1.807, 2.05) is 18.0 Å². The molecule has 2 aromatic rings. The molecule has 0 unspecified atom stereocenters. The summed E-state index contributed by atoms with van der Waals surface area (Å²) in [5.74, 6) is 0.221. The van der Waals surface area contributed by atoms with Gasteiger partial charge in [-0.05, 0) is 31.7 Å². The number of nitrogens with zero attached hydrogens (tertiary/aromatic N) is 4. The van der Waals surface area contributed by atoms with Gasteiger partial charge in [-0.15, -0.1) is 0 Å². The van der Waals surface area contributed by atoms with Gasteiger partial charge in [0.05, 0.1) is 11.2 Å². The van der Waals surface area contributed by atoms with E-state index >= 15 is 0 Å². The van der Waals surface area contributed by atoms with Gasteiger partial charge in [0.25, 0.3) is 5.91 Å². The molecule has 0 spiro atoms. The van der Waals surface area contributed by atoms with E-state index in [9.17, 15) is 4.79 Å². The Morgan fingerprint density at radius 2 is 2.35 bits per heavy atom. The zero-order valence-corrected chi connectivity index (χ0v) is 14.3. The van der Waals surface area contributed by atoms with Crippen molar-refractivity contribution in [3.8, 4) is 0 Å². The third kappa shape index (κ3) is 3.27. The van der Waals surface area contributed by atoms with Crippen LogP contribution in [0.4, 0.5) is 0 Å². The predicted molar refractivity (Wildman–Crippen MR) is 88.7 cm³/mol. The van der Waals surface area contributed by atoms with Crippen LogP contribution in [0, 0.1) is 6.92 Å². The highest BCUT2D eigenvalue weighted by atomic mass is 35.5. The maximum Gasteiger partial charge on any atom is 0.275 e. The summed E-state index contributed by atoms with van der Waals surface area (Å²) < 4.78 is 1.75. The molecule has 3 rings (SSSR count). The number of hydrogen-bond donors (Lipinski definition) is 1. The van der Waals surface area contributed by atoms with Gasteiger partial charge in [0.15, 0.2) is 5.69 Å². The molecule has 1 saturated heterocycles. The Bertz CT molecular complexity index is 692. The molecular weight excluding hydrogens is 314 g/mol. The topological polar surface area (TPSA) is 66.8 Å². The maximum atomic E-state index is 12.8. The molecule has 1 amide bonds. The SMILES string of the molecule is CCCn1cc(Cl)c(C(=O)N2CCC[C@@H](c3[nH]ncc3C)C2)n1. The van der Waals surface area contributed by atoms with Crippen LogP contribution in [-0.4, -0.2) is 43.9 Å². The number of amides is 1. The minimum Gasteiger partial charge on any atom is -0.337 e. The maximum absolute atomic E-state index is 12.8. The van der Waals surface area contributed by atoms with Crippen molar-refractivity contribution in [2.24, 2.45) is 0 Å². The molecule has 1 N–H and O–H groups in total. The normalized spacial score (nSPS) is 18.4. The van der Waals surface area contributed by atoms with Crippen LogP contribution in [0.2, 0.25) is 5.02 Å². The van der Waals surface area contributed by atoms with Gasteiger partial charge < -0.3 is 4.90 Å². The number of aromatic amines is 1. The summed E-state index contributed by atoms with van der Waals surface area (Å²) >= 11 is 6.21. The van der Waals surface area contributed by atoms with Crippen LogP contribution in [0.3, 0.4) is 0 Å². The highest BCUT2D eigenvalue weighted by Gasteiger charge is 2.29. The lowest BCUT2D eigenvalue weighted by Gasteiger charge is -2.32. The summed E-state index contributed by atoms with van der Waals surface area (Å²) in [5.41, 5.74) is 2.64. The number of carbonyl (C=O) groups is 1. The van der Waals surface area contributed by atoms with E-state index in [0.29, 0.717) is 23.2 Å². The summed E-state index contributed by atoms with van der Waals surface area (Å²) in [5, 5.41) is 12.0. The molecule has 3 heterocycles. The Balaban J connectivity index is 1.76. The van der Waals surface area contributed by atoms with Crippen molar-refractivity contribution < 1.29 is 4.79 Å². The van der Waals surface area contributed by atoms with Gasteiger partial charge in [0, 0.05) is 37.4 Å². The first kappa shape index (κ1) is 16.1. The largest absolute Gasteiger partial charge is 0.337 e. The Hall–Kier alpha value is -1.82. The Morgan fingerprint density at radius 3 is 3.04 bits per heavy atom. The Kier molecular flexibility index (Phi) is 4.71.